The summed E-state index contributed by atoms with van der Waals surface area (Å²) in [5.41, 5.74) is 1.01. The average Bonchev–Trinajstić information content (AvgIpc) is 2.73. The Morgan fingerprint density at radius 3 is 1.92 bits per heavy atom. The van der Waals surface area contributed by atoms with Crippen molar-refractivity contribution in [2.75, 3.05) is 6.54 Å². The predicted molar refractivity (Wildman–Crippen MR) is 110 cm³/mol. The first-order valence-electron chi connectivity index (χ1n) is 9.11. The van der Waals surface area contributed by atoms with E-state index in [1.54, 1.807) is 12.4 Å². The summed E-state index contributed by atoms with van der Waals surface area (Å²) in [6.07, 6.45) is 5.68. The van der Waals surface area contributed by atoms with Crippen molar-refractivity contribution in [2.45, 2.75) is 25.5 Å². The van der Waals surface area contributed by atoms with Gasteiger partial charge in [-0.15, -0.1) is 0 Å². The van der Waals surface area contributed by atoms with E-state index in [1.165, 1.54) is 0 Å². The van der Waals surface area contributed by atoms with E-state index in [0.29, 0.717) is 0 Å². The fourth-order valence-electron chi connectivity index (χ4n) is 3.16. The molecule has 2 aromatic carbocycles. The molecule has 3 rings (SSSR count). The SMILES string of the molecule is CCCCN[C@@H](c1ccncc1)P(=O)(c1ccccc1)c1ccccc1. The van der Waals surface area contributed by atoms with E-state index in [0.717, 1.165) is 35.6 Å². The third-order valence-corrected chi connectivity index (χ3v) is 7.87. The molecule has 0 aliphatic carbocycles. The molecular formula is C22H25N2OP. The van der Waals surface area contributed by atoms with E-state index >= 15 is 0 Å². The maximum absolute atomic E-state index is 14.6. The van der Waals surface area contributed by atoms with Crippen LogP contribution < -0.4 is 15.9 Å². The zero-order valence-electron chi connectivity index (χ0n) is 15.1. The number of hydrogen-bond donors (Lipinski definition) is 1. The molecule has 26 heavy (non-hydrogen) atoms. The van der Waals surface area contributed by atoms with Crippen LogP contribution in [-0.2, 0) is 4.57 Å². The molecule has 0 aliphatic heterocycles. The van der Waals surface area contributed by atoms with E-state index in [2.05, 4.69) is 17.2 Å². The van der Waals surface area contributed by atoms with Crippen LogP contribution in [0.1, 0.15) is 31.1 Å². The summed E-state index contributed by atoms with van der Waals surface area (Å²) in [5, 5.41) is 5.33. The molecule has 0 saturated carbocycles. The van der Waals surface area contributed by atoms with Gasteiger partial charge < -0.3 is 9.88 Å². The number of nitrogens with zero attached hydrogens (tertiary/aromatic N) is 1. The molecule has 0 spiro atoms. The zero-order chi connectivity index (χ0) is 18.2. The monoisotopic (exact) mass is 364 g/mol. The lowest BCUT2D eigenvalue weighted by atomic mass is 10.2. The van der Waals surface area contributed by atoms with E-state index in [4.69, 9.17) is 0 Å². The fraction of sp³-hybridized carbons (Fsp3) is 0.227. The Morgan fingerprint density at radius 1 is 0.885 bits per heavy atom. The van der Waals surface area contributed by atoms with Gasteiger partial charge in [-0.25, -0.2) is 0 Å². The third kappa shape index (κ3) is 3.95. The lowest BCUT2D eigenvalue weighted by molar-refractivity contribution is 0.553. The van der Waals surface area contributed by atoms with Gasteiger partial charge in [0, 0.05) is 23.0 Å². The maximum Gasteiger partial charge on any atom is 0.163 e. The number of unbranched alkanes of at least 4 members (excludes halogenated alkanes) is 1. The van der Waals surface area contributed by atoms with Crippen LogP contribution in [0.2, 0.25) is 0 Å². The molecule has 0 bridgehead atoms. The minimum Gasteiger partial charge on any atom is -0.312 e. The van der Waals surface area contributed by atoms with Crippen LogP contribution in [0.25, 0.3) is 0 Å². The summed E-state index contributed by atoms with van der Waals surface area (Å²) in [6.45, 7) is 2.99. The molecule has 0 unspecified atom stereocenters. The Morgan fingerprint density at radius 2 is 1.42 bits per heavy atom. The van der Waals surface area contributed by atoms with Crippen LogP contribution in [0, 0.1) is 0 Å². The smallest absolute Gasteiger partial charge is 0.163 e. The maximum atomic E-state index is 14.6. The van der Waals surface area contributed by atoms with Gasteiger partial charge in [-0.3, -0.25) is 4.98 Å². The van der Waals surface area contributed by atoms with Crippen molar-refractivity contribution in [3.8, 4) is 0 Å². The normalized spacial score (nSPS) is 12.7. The molecule has 0 aliphatic rings. The fourth-order valence-corrected chi connectivity index (χ4v) is 6.27. The van der Waals surface area contributed by atoms with Gasteiger partial charge in [-0.05, 0) is 30.7 Å². The average molecular weight is 364 g/mol. The van der Waals surface area contributed by atoms with Crippen molar-refractivity contribution in [3.63, 3.8) is 0 Å². The molecule has 1 N–H and O–H groups in total. The second-order valence-corrected chi connectivity index (χ2v) is 9.19. The number of rotatable bonds is 8. The van der Waals surface area contributed by atoms with E-state index in [1.807, 2.05) is 72.8 Å². The number of pyridine rings is 1. The summed E-state index contributed by atoms with van der Waals surface area (Å²) in [7, 11) is -2.94. The molecule has 0 fully saturated rings. The predicted octanol–water partition coefficient (Wildman–Crippen LogP) is 4.48. The number of nitrogens with one attached hydrogen (secondary N) is 1. The molecule has 0 saturated heterocycles. The molecular weight excluding hydrogens is 339 g/mol. The summed E-state index contributed by atoms with van der Waals surface area (Å²) in [4.78, 5) is 4.13. The summed E-state index contributed by atoms with van der Waals surface area (Å²) >= 11 is 0. The molecule has 0 radical (unpaired) electrons. The molecule has 3 nitrogen and oxygen atoms in total. The standard InChI is InChI=1S/C22H25N2OP/c1-2-3-16-24-22(19-14-17-23-18-15-19)26(25,20-10-6-4-7-11-20)21-12-8-5-9-13-21/h4-15,17-18,22,24H,2-3,16H2,1H3/t22-/m1/s1. The number of aromatic nitrogens is 1. The van der Waals surface area contributed by atoms with Gasteiger partial charge in [0.1, 0.15) is 0 Å². The highest BCUT2D eigenvalue weighted by Crippen LogP contribution is 2.55. The minimum absolute atomic E-state index is 0.276. The highest BCUT2D eigenvalue weighted by Gasteiger charge is 2.37. The Balaban J connectivity index is 2.15. The summed E-state index contributed by atoms with van der Waals surface area (Å²) in [6, 6.07) is 23.6. The Bertz CT molecular complexity index is 794. The summed E-state index contributed by atoms with van der Waals surface area (Å²) in [5.74, 6) is -0.276. The van der Waals surface area contributed by atoms with Crippen molar-refractivity contribution in [3.05, 3.63) is 90.8 Å². The van der Waals surface area contributed by atoms with Crippen LogP contribution in [0.5, 0.6) is 0 Å². The lowest BCUT2D eigenvalue weighted by Crippen LogP contribution is -2.31. The van der Waals surface area contributed by atoms with Crippen molar-refractivity contribution in [1.82, 2.24) is 10.3 Å². The van der Waals surface area contributed by atoms with E-state index < -0.39 is 7.14 Å². The van der Waals surface area contributed by atoms with Crippen molar-refractivity contribution in [2.24, 2.45) is 0 Å². The molecule has 3 aromatic rings. The Labute approximate surface area is 155 Å². The van der Waals surface area contributed by atoms with Gasteiger partial charge in [0.25, 0.3) is 0 Å². The van der Waals surface area contributed by atoms with Crippen LogP contribution in [0.4, 0.5) is 0 Å². The van der Waals surface area contributed by atoms with E-state index in [-0.39, 0.29) is 5.78 Å². The van der Waals surface area contributed by atoms with Gasteiger partial charge in [0.15, 0.2) is 7.14 Å². The molecule has 1 atom stereocenters. The van der Waals surface area contributed by atoms with Gasteiger partial charge in [0.05, 0.1) is 5.78 Å². The van der Waals surface area contributed by atoms with Gasteiger partial charge in [-0.1, -0.05) is 74.0 Å². The minimum atomic E-state index is -2.94. The second-order valence-electron chi connectivity index (χ2n) is 6.32. The van der Waals surface area contributed by atoms with Crippen LogP contribution in [0.15, 0.2) is 85.2 Å². The molecule has 4 heteroatoms. The van der Waals surface area contributed by atoms with Crippen molar-refractivity contribution < 1.29 is 4.57 Å². The highest BCUT2D eigenvalue weighted by molar-refractivity contribution is 7.79. The third-order valence-electron chi connectivity index (χ3n) is 4.53. The van der Waals surface area contributed by atoms with Crippen molar-refractivity contribution in [1.29, 1.82) is 0 Å². The molecule has 0 amide bonds. The second kappa shape index (κ2) is 8.93. The summed E-state index contributed by atoms with van der Waals surface area (Å²) < 4.78 is 14.6. The van der Waals surface area contributed by atoms with Crippen LogP contribution >= 0.6 is 7.14 Å². The lowest BCUT2D eigenvalue weighted by Gasteiger charge is -2.30. The number of hydrogen-bond acceptors (Lipinski definition) is 3. The Kier molecular flexibility index (Phi) is 6.38. The number of benzene rings is 2. The molecule has 1 aromatic heterocycles. The first kappa shape index (κ1) is 18.6. The first-order chi connectivity index (χ1) is 12.8. The topological polar surface area (TPSA) is 42.0 Å². The molecule has 1 heterocycles. The largest absolute Gasteiger partial charge is 0.312 e. The first-order valence-corrected chi connectivity index (χ1v) is 10.9. The molecule has 134 valence electrons. The van der Waals surface area contributed by atoms with Crippen LogP contribution in [-0.4, -0.2) is 11.5 Å². The quantitative estimate of drug-likeness (QED) is 0.473. The van der Waals surface area contributed by atoms with E-state index in [9.17, 15) is 4.57 Å². The zero-order valence-corrected chi connectivity index (χ0v) is 16.0. The van der Waals surface area contributed by atoms with Crippen LogP contribution in [0.3, 0.4) is 0 Å². The van der Waals surface area contributed by atoms with Gasteiger partial charge >= 0.3 is 0 Å². The Hall–Kier alpha value is -2.22. The van der Waals surface area contributed by atoms with Crippen molar-refractivity contribution >= 4 is 17.8 Å². The van der Waals surface area contributed by atoms with Gasteiger partial charge in [-0.2, -0.15) is 0 Å². The highest BCUT2D eigenvalue weighted by atomic mass is 31.2. The van der Waals surface area contributed by atoms with Gasteiger partial charge in [0.2, 0.25) is 0 Å².